The summed E-state index contributed by atoms with van der Waals surface area (Å²) in [6.45, 7) is 4.39. The van der Waals surface area contributed by atoms with Gasteiger partial charge >= 0.3 is 5.97 Å². The molecule has 3 N–H and O–H groups in total. The molecule has 1 heterocycles. The molecule has 2 rings (SSSR count). The predicted octanol–water partition coefficient (Wildman–Crippen LogP) is 2.21. The lowest BCUT2D eigenvalue weighted by Gasteiger charge is -2.20. The summed E-state index contributed by atoms with van der Waals surface area (Å²) in [5.41, 5.74) is 7.03. The van der Waals surface area contributed by atoms with Gasteiger partial charge in [0, 0.05) is 30.2 Å². The fourth-order valence-corrected chi connectivity index (χ4v) is 2.10. The van der Waals surface area contributed by atoms with E-state index in [2.05, 4.69) is 0 Å². The van der Waals surface area contributed by atoms with Crippen molar-refractivity contribution >= 4 is 16.9 Å². The molecule has 0 amide bonds. The van der Waals surface area contributed by atoms with Crippen LogP contribution in [-0.2, 0) is 17.9 Å². The van der Waals surface area contributed by atoms with Crippen molar-refractivity contribution in [3.05, 3.63) is 36.0 Å². The Morgan fingerprint density at radius 2 is 2.11 bits per heavy atom. The molecule has 1 aromatic heterocycles. The minimum absolute atomic E-state index is 0.444. The van der Waals surface area contributed by atoms with Crippen LogP contribution in [0, 0.1) is 5.41 Å². The second kappa shape index (κ2) is 4.46. The normalized spacial score (nSPS) is 11.9. The van der Waals surface area contributed by atoms with Crippen molar-refractivity contribution in [3.8, 4) is 0 Å². The zero-order chi connectivity index (χ0) is 13.3. The van der Waals surface area contributed by atoms with Gasteiger partial charge in [-0.3, -0.25) is 4.79 Å². The summed E-state index contributed by atoms with van der Waals surface area (Å²) in [6, 6.07) is 7.94. The van der Waals surface area contributed by atoms with E-state index in [1.807, 2.05) is 35.0 Å². The predicted molar refractivity (Wildman–Crippen MR) is 71.2 cm³/mol. The zero-order valence-electron chi connectivity index (χ0n) is 10.7. The van der Waals surface area contributed by atoms with E-state index in [1.165, 1.54) is 0 Å². The lowest BCUT2D eigenvalue weighted by Crippen LogP contribution is -2.28. The molecule has 0 aliphatic heterocycles. The molecule has 0 unspecified atom stereocenters. The van der Waals surface area contributed by atoms with Crippen LogP contribution in [0.5, 0.6) is 0 Å². The van der Waals surface area contributed by atoms with E-state index in [1.54, 1.807) is 13.8 Å². The number of hydrogen-bond acceptors (Lipinski definition) is 2. The van der Waals surface area contributed by atoms with E-state index in [0.29, 0.717) is 13.1 Å². The van der Waals surface area contributed by atoms with Crippen molar-refractivity contribution < 1.29 is 9.90 Å². The number of aromatic nitrogens is 1. The van der Waals surface area contributed by atoms with Gasteiger partial charge in [-0.25, -0.2) is 0 Å². The third-order valence-corrected chi connectivity index (χ3v) is 3.27. The van der Waals surface area contributed by atoms with Crippen LogP contribution in [-0.4, -0.2) is 15.6 Å². The SMILES string of the molecule is CC(C)(Cn1ccc2c(CN)cccc21)C(=O)O. The van der Waals surface area contributed by atoms with Gasteiger partial charge in [0.05, 0.1) is 5.41 Å². The lowest BCUT2D eigenvalue weighted by atomic mass is 9.94. The van der Waals surface area contributed by atoms with Crippen LogP contribution in [0.2, 0.25) is 0 Å². The molecule has 0 atom stereocenters. The van der Waals surface area contributed by atoms with Crippen LogP contribution in [0.1, 0.15) is 19.4 Å². The molecule has 4 heteroatoms. The fraction of sp³-hybridized carbons (Fsp3) is 0.357. The third kappa shape index (κ3) is 2.11. The second-order valence-corrected chi connectivity index (χ2v) is 5.19. The van der Waals surface area contributed by atoms with E-state index in [-0.39, 0.29) is 0 Å². The van der Waals surface area contributed by atoms with Gasteiger partial charge in [0.25, 0.3) is 0 Å². The summed E-state index contributed by atoms with van der Waals surface area (Å²) in [5, 5.41) is 10.3. The van der Waals surface area contributed by atoms with Crippen LogP contribution in [0.3, 0.4) is 0 Å². The topological polar surface area (TPSA) is 68.2 Å². The largest absolute Gasteiger partial charge is 0.481 e. The molecule has 0 saturated heterocycles. The number of fused-ring (bicyclic) bond motifs is 1. The number of carbonyl (C=O) groups is 1. The van der Waals surface area contributed by atoms with Gasteiger partial charge in [-0.05, 0) is 31.5 Å². The maximum Gasteiger partial charge on any atom is 0.310 e. The van der Waals surface area contributed by atoms with E-state index in [0.717, 1.165) is 16.5 Å². The van der Waals surface area contributed by atoms with Gasteiger partial charge in [0.1, 0.15) is 0 Å². The number of hydrogen-bond donors (Lipinski definition) is 2. The molecule has 0 bridgehead atoms. The monoisotopic (exact) mass is 246 g/mol. The molecule has 1 aromatic carbocycles. The third-order valence-electron chi connectivity index (χ3n) is 3.27. The second-order valence-electron chi connectivity index (χ2n) is 5.19. The highest BCUT2D eigenvalue weighted by molar-refractivity contribution is 5.84. The van der Waals surface area contributed by atoms with Crippen molar-refractivity contribution in [1.29, 1.82) is 0 Å². The van der Waals surface area contributed by atoms with Crippen LogP contribution < -0.4 is 5.73 Å². The number of carboxylic acids is 1. The van der Waals surface area contributed by atoms with Crippen molar-refractivity contribution in [2.75, 3.05) is 0 Å². The molecule has 4 nitrogen and oxygen atoms in total. The summed E-state index contributed by atoms with van der Waals surface area (Å²) >= 11 is 0. The van der Waals surface area contributed by atoms with E-state index < -0.39 is 11.4 Å². The maximum atomic E-state index is 11.2. The molecule has 0 saturated carbocycles. The Kier molecular flexibility index (Phi) is 3.13. The quantitative estimate of drug-likeness (QED) is 0.869. The van der Waals surface area contributed by atoms with E-state index in [9.17, 15) is 9.90 Å². The van der Waals surface area contributed by atoms with Crippen molar-refractivity contribution in [3.63, 3.8) is 0 Å². The van der Waals surface area contributed by atoms with Crippen molar-refractivity contribution in [2.24, 2.45) is 11.1 Å². The Hall–Kier alpha value is -1.81. The zero-order valence-corrected chi connectivity index (χ0v) is 10.7. The number of aliphatic carboxylic acids is 1. The molecule has 0 fully saturated rings. The molecule has 0 radical (unpaired) electrons. The van der Waals surface area contributed by atoms with Crippen LogP contribution in [0.15, 0.2) is 30.5 Å². The fourth-order valence-electron chi connectivity index (χ4n) is 2.10. The molecule has 96 valence electrons. The summed E-state index contributed by atoms with van der Waals surface area (Å²) in [7, 11) is 0. The highest BCUT2D eigenvalue weighted by Crippen LogP contribution is 2.25. The lowest BCUT2D eigenvalue weighted by molar-refractivity contribution is -0.147. The van der Waals surface area contributed by atoms with Crippen molar-refractivity contribution in [2.45, 2.75) is 26.9 Å². The number of nitrogens with zero attached hydrogens (tertiary/aromatic N) is 1. The van der Waals surface area contributed by atoms with Crippen LogP contribution in [0.4, 0.5) is 0 Å². The Morgan fingerprint density at radius 1 is 1.39 bits per heavy atom. The Morgan fingerprint density at radius 3 is 2.72 bits per heavy atom. The first-order chi connectivity index (χ1) is 8.45. The highest BCUT2D eigenvalue weighted by atomic mass is 16.4. The minimum atomic E-state index is -0.792. The van der Waals surface area contributed by atoms with Gasteiger partial charge in [-0.1, -0.05) is 12.1 Å². The molecule has 0 aliphatic carbocycles. The maximum absolute atomic E-state index is 11.2. The number of carboxylic acid groups (broad SMARTS) is 1. The number of rotatable bonds is 4. The first kappa shape index (κ1) is 12.6. The summed E-state index contributed by atoms with van der Waals surface area (Å²) in [6.07, 6.45) is 1.93. The standard InChI is InChI=1S/C14H18N2O2/c1-14(2,13(17)18)9-16-7-6-11-10(8-15)4-3-5-12(11)16/h3-7H,8-9,15H2,1-2H3,(H,17,18). The van der Waals surface area contributed by atoms with Gasteiger partial charge in [-0.15, -0.1) is 0 Å². The molecule has 0 spiro atoms. The van der Waals surface area contributed by atoms with E-state index >= 15 is 0 Å². The summed E-state index contributed by atoms with van der Waals surface area (Å²) in [4.78, 5) is 11.2. The average Bonchev–Trinajstić information content (AvgIpc) is 2.71. The Balaban J connectivity index is 2.45. The van der Waals surface area contributed by atoms with Crippen molar-refractivity contribution in [1.82, 2.24) is 4.57 Å². The molecular weight excluding hydrogens is 228 g/mol. The van der Waals surface area contributed by atoms with Gasteiger partial charge < -0.3 is 15.4 Å². The molecule has 18 heavy (non-hydrogen) atoms. The van der Waals surface area contributed by atoms with Gasteiger partial charge in [0.15, 0.2) is 0 Å². The first-order valence-corrected chi connectivity index (χ1v) is 5.96. The summed E-state index contributed by atoms with van der Waals surface area (Å²) < 4.78 is 1.97. The summed E-state index contributed by atoms with van der Waals surface area (Å²) in [5.74, 6) is -0.792. The van der Waals surface area contributed by atoms with E-state index in [4.69, 9.17) is 5.73 Å². The number of nitrogens with two attached hydrogens (primary N) is 1. The average molecular weight is 246 g/mol. The highest BCUT2D eigenvalue weighted by Gasteiger charge is 2.27. The Bertz CT molecular complexity index is 584. The molecule has 2 aromatic rings. The van der Waals surface area contributed by atoms with Crippen LogP contribution >= 0.6 is 0 Å². The Labute approximate surface area is 106 Å². The smallest absolute Gasteiger partial charge is 0.310 e. The molecular formula is C14H18N2O2. The minimum Gasteiger partial charge on any atom is -0.481 e. The molecule has 0 aliphatic rings. The first-order valence-electron chi connectivity index (χ1n) is 5.96. The number of benzene rings is 1. The van der Waals surface area contributed by atoms with Gasteiger partial charge in [0.2, 0.25) is 0 Å². The van der Waals surface area contributed by atoms with Crippen LogP contribution in [0.25, 0.3) is 10.9 Å². The van der Waals surface area contributed by atoms with Gasteiger partial charge in [-0.2, -0.15) is 0 Å².